The van der Waals surface area contributed by atoms with Gasteiger partial charge >= 0.3 is 5.97 Å². The van der Waals surface area contributed by atoms with Crippen molar-refractivity contribution < 1.29 is 9.90 Å². The van der Waals surface area contributed by atoms with Crippen LogP contribution in [0.5, 0.6) is 0 Å². The number of pyridine rings is 1. The van der Waals surface area contributed by atoms with Crippen LogP contribution in [0.1, 0.15) is 55.1 Å². The van der Waals surface area contributed by atoms with Crippen LogP contribution in [0.25, 0.3) is 0 Å². The first kappa shape index (κ1) is 13.8. The Labute approximate surface area is 114 Å². The van der Waals surface area contributed by atoms with Crippen LogP contribution < -0.4 is 5.32 Å². The first-order chi connectivity index (χ1) is 9.10. The van der Waals surface area contributed by atoms with Gasteiger partial charge in [-0.1, -0.05) is 13.3 Å². The third kappa shape index (κ3) is 3.46. The average molecular weight is 262 g/mol. The lowest BCUT2D eigenvalue weighted by Gasteiger charge is -2.28. The van der Waals surface area contributed by atoms with Crippen molar-refractivity contribution in [3.63, 3.8) is 0 Å². The summed E-state index contributed by atoms with van der Waals surface area (Å²) >= 11 is 0. The van der Waals surface area contributed by atoms with Gasteiger partial charge in [-0.25, -0.2) is 9.78 Å². The van der Waals surface area contributed by atoms with Crippen LogP contribution >= 0.6 is 0 Å². The number of rotatable bonds is 4. The second-order valence-corrected chi connectivity index (χ2v) is 5.40. The molecule has 1 aliphatic carbocycles. The molecule has 0 radical (unpaired) electrons. The number of nitrogens with one attached hydrogen (secondary N) is 1. The van der Waals surface area contributed by atoms with Crippen LogP contribution in [0, 0.1) is 12.8 Å². The van der Waals surface area contributed by atoms with E-state index >= 15 is 0 Å². The number of carbonyl (C=O) groups is 1. The van der Waals surface area contributed by atoms with E-state index in [1.807, 2.05) is 0 Å². The van der Waals surface area contributed by atoms with E-state index in [0.29, 0.717) is 11.7 Å². The highest BCUT2D eigenvalue weighted by molar-refractivity contribution is 5.89. The molecule has 1 aromatic heterocycles. The molecule has 1 fully saturated rings. The SMILES string of the molecule is CCC1CCC(Nc2ccc(C(=O)O)c(C)n2)CC1. The predicted octanol–water partition coefficient (Wildman–Crippen LogP) is 3.47. The Kier molecular flexibility index (Phi) is 4.40. The van der Waals surface area contributed by atoms with Gasteiger partial charge in [0.05, 0.1) is 11.3 Å². The maximum atomic E-state index is 10.9. The minimum Gasteiger partial charge on any atom is -0.478 e. The molecule has 2 rings (SSSR count). The maximum absolute atomic E-state index is 10.9. The van der Waals surface area contributed by atoms with E-state index in [9.17, 15) is 4.79 Å². The number of anilines is 1. The fourth-order valence-electron chi connectivity index (χ4n) is 2.79. The smallest absolute Gasteiger partial charge is 0.337 e. The Morgan fingerprint density at radius 2 is 2.05 bits per heavy atom. The molecule has 0 bridgehead atoms. The summed E-state index contributed by atoms with van der Waals surface area (Å²) in [7, 11) is 0. The molecule has 0 spiro atoms. The fourth-order valence-corrected chi connectivity index (χ4v) is 2.79. The highest BCUT2D eigenvalue weighted by Gasteiger charge is 2.20. The Morgan fingerprint density at radius 1 is 1.37 bits per heavy atom. The second-order valence-electron chi connectivity index (χ2n) is 5.40. The second kappa shape index (κ2) is 6.04. The molecule has 0 atom stereocenters. The summed E-state index contributed by atoms with van der Waals surface area (Å²) in [5.41, 5.74) is 0.847. The molecule has 0 aromatic carbocycles. The number of hydrogen-bond acceptors (Lipinski definition) is 3. The minimum absolute atomic E-state index is 0.278. The van der Waals surface area contributed by atoms with Crippen LogP contribution in [0.3, 0.4) is 0 Å². The Morgan fingerprint density at radius 3 is 2.58 bits per heavy atom. The summed E-state index contributed by atoms with van der Waals surface area (Å²) < 4.78 is 0. The van der Waals surface area contributed by atoms with Crippen molar-refractivity contribution in [2.75, 3.05) is 5.32 Å². The number of carboxylic acid groups (broad SMARTS) is 1. The molecule has 0 saturated heterocycles. The standard InChI is InChI=1S/C15H22N2O2/c1-3-11-4-6-12(7-5-11)17-14-9-8-13(15(18)19)10(2)16-14/h8-9,11-12H,3-7H2,1-2H3,(H,16,17)(H,18,19). The van der Waals surface area contributed by atoms with E-state index in [1.165, 1.54) is 32.1 Å². The third-order valence-electron chi connectivity index (χ3n) is 4.09. The number of aryl methyl sites for hydroxylation is 1. The van der Waals surface area contributed by atoms with E-state index in [1.54, 1.807) is 19.1 Å². The largest absolute Gasteiger partial charge is 0.478 e. The van der Waals surface area contributed by atoms with E-state index in [0.717, 1.165) is 11.7 Å². The molecule has 4 heteroatoms. The summed E-state index contributed by atoms with van der Waals surface area (Å²) in [4.78, 5) is 15.3. The molecule has 1 aliphatic rings. The summed E-state index contributed by atoms with van der Waals surface area (Å²) in [6.07, 6.45) is 6.19. The summed E-state index contributed by atoms with van der Waals surface area (Å²) in [6.45, 7) is 4.00. The predicted molar refractivity (Wildman–Crippen MR) is 75.6 cm³/mol. The normalized spacial score (nSPS) is 23.1. The number of aromatic nitrogens is 1. The minimum atomic E-state index is -0.917. The Hall–Kier alpha value is -1.58. The third-order valence-corrected chi connectivity index (χ3v) is 4.09. The van der Waals surface area contributed by atoms with Gasteiger partial charge in [0.2, 0.25) is 0 Å². The number of aromatic carboxylic acids is 1. The van der Waals surface area contributed by atoms with E-state index in [2.05, 4.69) is 17.2 Å². The molecule has 1 saturated carbocycles. The average Bonchev–Trinajstić information content (AvgIpc) is 2.39. The topological polar surface area (TPSA) is 62.2 Å². The van der Waals surface area contributed by atoms with Gasteiger partial charge in [0.1, 0.15) is 5.82 Å². The van der Waals surface area contributed by atoms with Crippen LogP contribution in [-0.4, -0.2) is 22.1 Å². The lowest BCUT2D eigenvalue weighted by molar-refractivity contribution is 0.0695. The van der Waals surface area contributed by atoms with Crippen molar-refractivity contribution in [3.8, 4) is 0 Å². The van der Waals surface area contributed by atoms with E-state index in [4.69, 9.17) is 5.11 Å². The molecular formula is C15H22N2O2. The van der Waals surface area contributed by atoms with Gasteiger partial charge in [-0.3, -0.25) is 0 Å². The van der Waals surface area contributed by atoms with Gasteiger partial charge in [-0.2, -0.15) is 0 Å². The van der Waals surface area contributed by atoms with Crippen molar-refractivity contribution in [1.82, 2.24) is 4.98 Å². The maximum Gasteiger partial charge on any atom is 0.337 e. The molecule has 104 valence electrons. The van der Waals surface area contributed by atoms with Crippen molar-refractivity contribution in [3.05, 3.63) is 23.4 Å². The lowest BCUT2D eigenvalue weighted by Crippen LogP contribution is -2.26. The van der Waals surface area contributed by atoms with Crippen molar-refractivity contribution in [2.45, 2.75) is 52.0 Å². The van der Waals surface area contributed by atoms with E-state index < -0.39 is 5.97 Å². The number of carboxylic acids is 1. The highest BCUT2D eigenvalue weighted by Crippen LogP contribution is 2.28. The van der Waals surface area contributed by atoms with Crippen molar-refractivity contribution >= 4 is 11.8 Å². The highest BCUT2D eigenvalue weighted by atomic mass is 16.4. The molecule has 0 unspecified atom stereocenters. The Bertz CT molecular complexity index is 451. The lowest BCUT2D eigenvalue weighted by atomic mass is 9.84. The first-order valence-electron chi connectivity index (χ1n) is 7.07. The Balaban J connectivity index is 1.97. The molecule has 1 heterocycles. The number of hydrogen-bond donors (Lipinski definition) is 2. The van der Waals surface area contributed by atoms with Gasteiger partial charge in [0.25, 0.3) is 0 Å². The first-order valence-corrected chi connectivity index (χ1v) is 7.07. The van der Waals surface area contributed by atoms with Gasteiger partial charge in [0, 0.05) is 6.04 Å². The van der Waals surface area contributed by atoms with Gasteiger partial charge in [0.15, 0.2) is 0 Å². The zero-order chi connectivity index (χ0) is 13.8. The molecule has 4 nitrogen and oxygen atoms in total. The summed E-state index contributed by atoms with van der Waals surface area (Å²) in [6, 6.07) is 3.87. The van der Waals surface area contributed by atoms with Crippen molar-refractivity contribution in [1.29, 1.82) is 0 Å². The number of nitrogens with zero attached hydrogens (tertiary/aromatic N) is 1. The van der Waals surface area contributed by atoms with Crippen molar-refractivity contribution in [2.24, 2.45) is 5.92 Å². The monoisotopic (exact) mass is 262 g/mol. The molecular weight excluding hydrogens is 240 g/mol. The zero-order valence-electron chi connectivity index (χ0n) is 11.6. The van der Waals surface area contributed by atoms with Crippen LogP contribution in [0.2, 0.25) is 0 Å². The fraction of sp³-hybridized carbons (Fsp3) is 0.600. The van der Waals surface area contributed by atoms with Crippen LogP contribution in [0.15, 0.2) is 12.1 Å². The quantitative estimate of drug-likeness (QED) is 0.872. The van der Waals surface area contributed by atoms with Crippen LogP contribution in [0.4, 0.5) is 5.82 Å². The van der Waals surface area contributed by atoms with Crippen LogP contribution in [-0.2, 0) is 0 Å². The molecule has 19 heavy (non-hydrogen) atoms. The molecule has 0 amide bonds. The molecule has 1 aromatic rings. The zero-order valence-corrected chi connectivity index (χ0v) is 11.6. The summed E-state index contributed by atoms with van der Waals surface area (Å²) in [5, 5.41) is 12.4. The van der Waals surface area contributed by atoms with Gasteiger partial charge in [-0.15, -0.1) is 0 Å². The van der Waals surface area contributed by atoms with Gasteiger partial charge < -0.3 is 10.4 Å². The molecule has 0 aliphatic heterocycles. The van der Waals surface area contributed by atoms with Gasteiger partial charge in [-0.05, 0) is 50.7 Å². The summed E-state index contributed by atoms with van der Waals surface area (Å²) in [5.74, 6) is 0.754. The van der Waals surface area contributed by atoms with E-state index in [-0.39, 0.29) is 5.56 Å². The molecule has 2 N–H and O–H groups in total.